The monoisotopic (exact) mass is 1290 g/mol. The molecule has 0 aliphatic carbocycles. The Morgan fingerprint density at radius 1 is 0.396 bits per heavy atom. The van der Waals surface area contributed by atoms with Gasteiger partial charge < -0.3 is 45.1 Å². The lowest BCUT2D eigenvalue weighted by molar-refractivity contribution is -0.302. The van der Waals surface area contributed by atoms with E-state index < -0.39 is 49.5 Å². The Morgan fingerprint density at radius 2 is 0.703 bits per heavy atom. The largest absolute Gasteiger partial charge is 0.466 e. The van der Waals surface area contributed by atoms with E-state index in [0.717, 1.165) is 51.4 Å². The van der Waals surface area contributed by atoms with Gasteiger partial charge in [0.2, 0.25) is 5.91 Å². The topological polar surface area (TPSA) is 175 Å². The highest BCUT2D eigenvalue weighted by molar-refractivity contribution is 5.76. The quantitative estimate of drug-likeness (QED) is 0.0195. The Bertz CT molecular complexity index is 1560. The third kappa shape index (κ3) is 58.1. The second-order valence-corrected chi connectivity index (χ2v) is 28.1. The molecule has 6 N–H and O–H groups in total. The molecular weight excluding hydrogens is 1130 g/mol. The summed E-state index contributed by atoms with van der Waals surface area (Å²) < 4.78 is 16.8. The van der Waals surface area contributed by atoms with Gasteiger partial charge in [-0.25, -0.2) is 0 Å². The number of esters is 1. The van der Waals surface area contributed by atoms with Crippen LogP contribution in [-0.2, 0) is 23.8 Å². The minimum atomic E-state index is -1.57. The number of hydrogen-bond acceptors (Lipinski definition) is 10. The van der Waals surface area contributed by atoms with Crippen LogP contribution >= 0.6 is 0 Å². The summed E-state index contributed by atoms with van der Waals surface area (Å²) in [6.07, 6.45) is 79.3. The summed E-state index contributed by atoms with van der Waals surface area (Å²) in [7, 11) is 0. The van der Waals surface area contributed by atoms with Crippen LogP contribution in [0.4, 0.5) is 0 Å². The molecule has 0 spiro atoms. The molecule has 7 unspecified atom stereocenters. The first-order valence-corrected chi connectivity index (χ1v) is 40.1. The second kappa shape index (κ2) is 69.5. The zero-order chi connectivity index (χ0) is 65.8. The van der Waals surface area contributed by atoms with E-state index in [1.165, 1.54) is 334 Å². The molecule has 1 fully saturated rings. The molecule has 1 aliphatic rings. The summed E-state index contributed by atoms with van der Waals surface area (Å²) in [6.45, 7) is 4.40. The molecule has 0 bridgehead atoms. The lowest BCUT2D eigenvalue weighted by atomic mass is 9.99. The Labute approximate surface area is 562 Å². The number of aliphatic hydroxyl groups is 5. The lowest BCUT2D eigenvalue weighted by Crippen LogP contribution is -2.60. The average molecular weight is 1290 g/mol. The highest BCUT2D eigenvalue weighted by Crippen LogP contribution is 2.24. The van der Waals surface area contributed by atoms with Gasteiger partial charge >= 0.3 is 5.97 Å². The molecule has 1 amide bonds. The smallest absolute Gasteiger partial charge is 0.305 e. The third-order valence-electron chi connectivity index (χ3n) is 19.3. The van der Waals surface area contributed by atoms with Crippen LogP contribution in [0.3, 0.4) is 0 Å². The van der Waals surface area contributed by atoms with Crippen molar-refractivity contribution in [3.63, 3.8) is 0 Å². The molecule has 0 radical (unpaired) electrons. The number of aliphatic hydroxyl groups excluding tert-OH is 5. The fourth-order valence-electron chi connectivity index (χ4n) is 13.0. The van der Waals surface area contributed by atoms with Crippen molar-refractivity contribution in [1.82, 2.24) is 5.32 Å². The Balaban J connectivity index is 1.90. The summed E-state index contributed by atoms with van der Waals surface area (Å²) in [5, 5.41) is 54.6. The summed E-state index contributed by atoms with van der Waals surface area (Å²) >= 11 is 0. The molecule has 1 heterocycles. The maximum Gasteiger partial charge on any atom is 0.305 e. The first-order valence-electron chi connectivity index (χ1n) is 40.1. The fourth-order valence-corrected chi connectivity index (χ4v) is 13.0. The van der Waals surface area contributed by atoms with Crippen LogP contribution in [0.2, 0.25) is 0 Å². The number of rotatable bonds is 72. The van der Waals surface area contributed by atoms with E-state index in [-0.39, 0.29) is 18.5 Å². The fraction of sp³-hybridized carbons (Fsp3) is 0.925. The number of hydrogen-bond donors (Lipinski definition) is 6. The van der Waals surface area contributed by atoms with Crippen molar-refractivity contribution in [2.45, 2.75) is 455 Å². The number of unbranched alkanes of at least 4 members (excludes halogenated alkanes) is 56. The molecule has 0 aromatic rings. The van der Waals surface area contributed by atoms with E-state index in [4.69, 9.17) is 14.2 Å². The number of carbonyl (C=O) groups is 2. The zero-order valence-corrected chi connectivity index (χ0v) is 60.1. The molecule has 1 aliphatic heterocycles. The number of amides is 1. The van der Waals surface area contributed by atoms with Gasteiger partial charge in [0.25, 0.3) is 0 Å². The molecule has 1 saturated heterocycles. The minimum Gasteiger partial charge on any atom is -0.466 e. The van der Waals surface area contributed by atoms with E-state index in [1.807, 2.05) is 6.08 Å². The predicted octanol–water partition coefficient (Wildman–Crippen LogP) is 21.5. The number of ether oxygens (including phenoxy) is 3. The van der Waals surface area contributed by atoms with Crippen molar-refractivity contribution >= 4 is 11.9 Å². The summed E-state index contributed by atoms with van der Waals surface area (Å²) in [5.41, 5.74) is 0. The van der Waals surface area contributed by atoms with E-state index in [1.54, 1.807) is 6.08 Å². The van der Waals surface area contributed by atoms with Crippen LogP contribution in [0.5, 0.6) is 0 Å². The molecule has 91 heavy (non-hydrogen) atoms. The average Bonchev–Trinajstić information content (AvgIpc) is 1.98. The van der Waals surface area contributed by atoms with Crippen molar-refractivity contribution in [2.24, 2.45) is 0 Å². The Morgan fingerprint density at radius 3 is 1.05 bits per heavy atom. The zero-order valence-electron chi connectivity index (χ0n) is 60.1. The second-order valence-electron chi connectivity index (χ2n) is 28.1. The van der Waals surface area contributed by atoms with Crippen LogP contribution in [0.25, 0.3) is 0 Å². The van der Waals surface area contributed by atoms with Crippen molar-refractivity contribution in [2.75, 3.05) is 19.8 Å². The molecule has 0 aromatic carbocycles. The van der Waals surface area contributed by atoms with Crippen molar-refractivity contribution in [3.8, 4) is 0 Å². The standard InChI is InChI=1S/C80H153NO10/c1-3-5-7-9-11-13-15-43-47-50-54-58-62-66-73(83)72(71-90-80-79(88)78(87)77(86)74(70-82)91-80)81-75(84)67-63-59-55-51-48-44-41-39-37-35-33-31-29-27-25-23-21-19-17-16-18-20-22-24-26-28-30-32-34-36-38-40-42-45-49-53-57-61-65-69-89-76(85)68-64-60-56-52-46-14-12-10-8-6-4-2/h16-17,62,66,72-74,77-80,82-83,86-88H,3-15,18-61,63-65,67-71H2,1-2H3,(H,81,84)/b17-16-,66-62+. The molecule has 11 nitrogen and oxygen atoms in total. The first kappa shape index (κ1) is 87.2. The van der Waals surface area contributed by atoms with Crippen LogP contribution in [0.15, 0.2) is 24.3 Å². The van der Waals surface area contributed by atoms with Gasteiger partial charge in [0, 0.05) is 12.8 Å². The molecule has 0 aromatic heterocycles. The van der Waals surface area contributed by atoms with Gasteiger partial charge in [0.15, 0.2) is 6.29 Å². The molecule has 0 saturated carbocycles. The van der Waals surface area contributed by atoms with Crippen molar-refractivity contribution < 1.29 is 49.3 Å². The van der Waals surface area contributed by atoms with Crippen LogP contribution in [-0.4, -0.2) is 100 Å². The Hall–Kier alpha value is -1.86. The van der Waals surface area contributed by atoms with Gasteiger partial charge in [-0.15, -0.1) is 0 Å². The van der Waals surface area contributed by atoms with Crippen molar-refractivity contribution in [3.05, 3.63) is 24.3 Å². The Kier molecular flexibility index (Phi) is 66.6. The van der Waals surface area contributed by atoms with Gasteiger partial charge in [-0.1, -0.05) is 366 Å². The van der Waals surface area contributed by atoms with Crippen LogP contribution in [0, 0.1) is 0 Å². The van der Waals surface area contributed by atoms with Gasteiger partial charge in [-0.3, -0.25) is 9.59 Å². The predicted molar refractivity (Wildman–Crippen MR) is 384 cm³/mol. The van der Waals surface area contributed by atoms with Gasteiger partial charge in [0.05, 0.1) is 32.0 Å². The summed E-state index contributed by atoms with van der Waals surface area (Å²) in [4.78, 5) is 25.1. The van der Waals surface area contributed by atoms with Gasteiger partial charge in [-0.05, 0) is 57.8 Å². The molecule has 11 heteroatoms. The van der Waals surface area contributed by atoms with E-state index in [9.17, 15) is 35.1 Å². The number of allylic oxidation sites excluding steroid dienone is 3. The number of carbonyl (C=O) groups excluding carboxylic acids is 2. The third-order valence-corrected chi connectivity index (χ3v) is 19.3. The molecular formula is C80H153NO10. The maximum atomic E-state index is 13.1. The van der Waals surface area contributed by atoms with Crippen molar-refractivity contribution in [1.29, 1.82) is 0 Å². The lowest BCUT2D eigenvalue weighted by Gasteiger charge is -2.40. The highest BCUT2D eigenvalue weighted by Gasteiger charge is 2.44. The van der Waals surface area contributed by atoms with Gasteiger partial charge in [-0.2, -0.15) is 0 Å². The highest BCUT2D eigenvalue weighted by atomic mass is 16.7. The molecule has 538 valence electrons. The SMILES string of the molecule is CCCCCCCCCCCCC/C=C/C(O)C(COC1OC(CO)C(O)C(O)C1O)NC(=O)CCCCCCCCCCCCCCCCCCC/C=C\CCCCCCCCCCCCCCCCCCCCOC(=O)CCCCCCCCCCCCC. The molecule has 1 rings (SSSR count). The van der Waals surface area contributed by atoms with Crippen LogP contribution in [0.1, 0.15) is 412 Å². The maximum absolute atomic E-state index is 13.1. The first-order chi connectivity index (χ1) is 44.7. The van der Waals surface area contributed by atoms with E-state index >= 15 is 0 Å². The van der Waals surface area contributed by atoms with E-state index in [0.29, 0.717) is 19.4 Å². The van der Waals surface area contributed by atoms with Gasteiger partial charge in [0.1, 0.15) is 24.4 Å². The summed E-state index contributed by atoms with van der Waals surface area (Å²) in [6, 6.07) is -0.806. The van der Waals surface area contributed by atoms with E-state index in [2.05, 4.69) is 31.3 Å². The molecule has 7 atom stereocenters. The number of nitrogens with one attached hydrogen (secondary N) is 1. The minimum absolute atomic E-state index is 0.0172. The van der Waals surface area contributed by atoms with Crippen LogP contribution < -0.4 is 5.32 Å². The normalized spacial score (nSPS) is 17.6. The summed E-state index contributed by atoms with van der Waals surface area (Å²) in [5.74, 6) is -0.157.